The summed E-state index contributed by atoms with van der Waals surface area (Å²) < 4.78 is 38.4. The van der Waals surface area contributed by atoms with E-state index >= 15 is 0 Å². The Morgan fingerprint density at radius 1 is 1.18 bits per heavy atom. The summed E-state index contributed by atoms with van der Waals surface area (Å²) in [6, 6.07) is 3.79. The van der Waals surface area contributed by atoms with Crippen molar-refractivity contribution in [1.82, 2.24) is 5.32 Å². The van der Waals surface area contributed by atoms with Crippen molar-refractivity contribution >= 4 is 17.7 Å². The summed E-state index contributed by atoms with van der Waals surface area (Å²) in [7, 11) is 0. The number of halogens is 3. The highest BCUT2D eigenvalue weighted by Crippen LogP contribution is 2.34. The molecule has 0 heterocycles. The summed E-state index contributed by atoms with van der Waals surface area (Å²) in [4.78, 5) is 22.3. The normalized spacial score (nSPS) is 11.9. The molecule has 5 nitrogen and oxygen atoms in total. The van der Waals surface area contributed by atoms with Crippen molar-refractivity contribution in [2.45, 2.75) is 38.4 Å². The predicted molar refractivity (Wildman–Crippen MR) is 74.5 cm³/mol. The average molecular weight is 318 g/mol. The Morgan fingerprint density at radius 3 is 2.32 bits per heavy atom. The first-order valence-electron chi connectivity index (χ1n) is 6.48. The zero-order valence-electron chi connectivity index (χ0n) is 12.1. The molecule has 0 spiro atoms. The van der Waals surface area contributed by atoms with E-state index in [4.69, 9.17) is 5.11 Å². The summed E-state index contributed by atoms with van der Waals surface area (Å²) in [5.74, 6) is -1.02. The van der Waals surface area contributed by atoms with E-state index in [2.05, 4.69) is 10.6 Å². The third-order valence-electron chi connectivity index (χ3n) is 2.90. The van der Waals surface area contributed by atoms with Gasteiger partial charge in [0.15, 0.2) is 0 Å². The van der Waals surface area contributed by atoms with Gasteiger partial charge in [-0.2, -0.15) is 13.2 Å². The summed E-state index contributed by atoms with van der Waals surface area (Å²) >= 11 is 0. The number of hydrogen-bond donors (Lipinski definition) is 3. The largest absolute Gasteiger partial charge is 0.481 e. The fourth-order valence-corrected chi connectivity index (χ4v) is 1.78. The van der Waals surface area contributed by atoms with Crippen molar-refractivity contribution in [1.29, 1.82) is 0 Å². The number of anilines is 1. The van der Waals surface area contributed by atoms with Gasteiger partial charge in [-0.25, -0.2) is 4.79 Å². The minimum atomic E-state index is -4.58. The molecule has 2 amide bonds. The van der Waals surface area contributed by atoms with Crippen LogP contribution in [0.1, 0.15) is 32.3 Å². The molecule has 0 aliphatic rings. The molecule has 22 heavy (non-hydrogen) atoms. The Balaban J connectivity index is 2.76. The minimum absolute atomic E-state index is 0.149. The van der Waals surface area contributed by atoms with Gasteiger partial charge in [0.2, 0.25) is 0 Å². The van der Waals surface area contributed by atoms with Gasteiger partial charge in [0.1, 0.15) is 0 Å². The Morgan fingerprint density at radius 2 is 1.77 bits per heavy atom. The number of benzene rings is 1. The fraction of sp³-hybridized carbons (Fsp3) is 0.429. The quantitative estimate of drug-likeness (QED) is 0.778. The number of hydrogen-bond acceptors (Lipinski definition) is 2. The van der Waals surface area contributed by atoms with Crippen molar-refractivity contribution in [3.63, 3.8) is 0 Å². The minimum Gasteiger partial charge on any atom is -0.481 e. The van der Waals surface area contributed by atoms with Gasteiger partial charge >= 0.3 is 18.2 Å². The number of amides is 2. The molecule has 3 N–H and O–H groups in total. The molecule has 0 bridgehead atoms. The van der Waals surface area contributed by atoms with Crippen molar-refractivity contribution in [2.24, 2.45) is 0 Å². The topological polar surface area (TPSA) is 78.4 Å². The number of carboxylic acids is 1. The Hall–Kier alpha value is -2.25. The number of nitrogens with one attached hydrogen (secondary N) is 2. The van der Waals surface area contributed by atoms with Gasteiger partial charge in [-0.1, -0.05) is 12.1 Å². The van der Waals surface area contributed by atoms with Crippen LogP contribution in [0, 0.1) is 0 Å². The van der Waals surface area contributed by atoms with Gasteiger partial charge in [0.25, 0.3) is 0 Å². The third-order valence-corrected chi connectivity index (χ3v) is 2.90. The first-order chi connectivity index (χ1) is 10.0. The summed E-state index contributed by atoms with van der Waals surface area (Å²) in [6.07, 6.45) is -4.59. The highest BCUT2D eigenvalue weighted by molar-refractivity contribution is 5.90. The van der Waals surface area contributed by atoms with Crippen molar-refractivity contribution in [3.8, 4) is 0 Å². The van der Waals surface area contributed by atoms with Crippen molar-refractivity contribution in [2.75, 3.05) is 5.32 Å². The van der Waals surface area contributed by atoms with E-state index in [1.807, 2.05) is 0 Å². The van der Waals surface area contributed by atoms with Gasteiger partial charge in [-0.15, -0.1) is 0 Å². The van der Waals surface area contributed by atoms with Gasteiger partial charge in [0.05, 0.1) is 11.3 Å². The lowest BCUT2D eigenvalue weighted by atomic mass is 9.99. The van der Waals surface area contributed by atoms with Crippen molar-refractivity contribution in [3.05, 3.63) is 29.8 Å². The number of carbonyl (C=O) groups excluding carboxylic acids is 1. The molecule has 8 heteroatoms. The lowest BCUT2D eigenvalue weighted by molar-refractivity contribution is -0.138. The second kappa shape index (κ2) is 6.67. The molecular formula is C14H17F3N2O3. The van der Waals surface area contributed by atoms with Crippen LogP contribution in [0.2, 0.25) is 0 Å². The molecule has 0 fully saturated rings. The van der Waals surface area contributed by atoms with Crippen LogP contribution < -0.4 is 10.6 Å². The molecule has 0 saturated heterocycles. The molecule has 0 unspecified atom stereocenters. The van der Waals surface area contributed by atoms with Crippen LogP contribution in [-0.4, -0.2) is 22.6 Å². The predicted octanol–water partition coefficient (Wildman–Crippen LogP) is 3.47. The second-order valence-electron chi connectivity index (χ2n) is 5.40. The van der Waals surface area contributed by atoms with E-state index in [1.54, 1.807) is 13.8 Å². The maximum atomic E-state index is 12.8. The van der Waals surface area contributed by atoms with E-state index in [-0.39, 0.29) is 18.5 Å². The molecule has 0 saturated carbocycles. The summed E-state index contributed by atoms with van der Waals surface area (Å²) in [6.45, 7) is 3.18. The molecule has 0 aliphatic carbocycles. The summed E-state index contributed by atoms with van der Waals surface area (Å²) in [5, 5.41) is 13.2. The van der Waals surface area contributed by atoms with Crippen LogP contribution in [0.25, 0.3) is 0 Å². The number of urea groups is 1. The van der Waals surface area contributed by atoms with E-state index < -0.39 is 29.3 Å². The number of carbonyl (C=O) groups is 2. The van der Waals surface area contributed by atoms with E-state index in [1.165, 1.54) is 12.1 Å². The zero-order chi connectivity index (χ0) is 17.0. The standard InChI is InChI=1S/C14H17F3N2O3/c1-13(2,8-7-11(20)21)19-12(22)18-10-6-4-3-5-9(10)14(15,16)17/h3-6H,7-8H2,1-2H3,(H,20,21)(H2,18,19,22). The van der Waals surface area contributed by atoms with Crippen LogP contribution in [0.5, 0.6) is 0 Å². The molecule has 0 aliphatic heterocycles. The molecule has 1 rings (SSSR count). The number of rotatable bonds is 5. The highest BCUT2D eigenvalue weighted by atomic mass is 19.4. The second-order valence-corrected chi connectivity index (χ2v) is 5.40. The maximum absolute atomic E-state index is 12.8. The number of para-hydroxylation sites is 1. The lowest BCUT2D eigenvalue weighted by Gasteiger charge is -2.26. The molecule has 0 aromatic heterocycles. The van der Waals surface area contributed by atoms with E-state index in [0.717, 1.165) is 12.1 Å². The number of carboxylic acid groups (broad SMARTS) is 1. The van der Waals surface area contributed by atoms with E-state index in [9.17, 15) is 22.8 Å². The smallest absolute Gasteiger partial charge is 0.418 e. The van der Waals surface area contributed by atoms with Crippen molar-refractivity contribution < 1.29 is 27.9 Å². The first-order valence-corrected chi connectivity index (χ1v) is 6.48. The molecule has 1 aromatic carbocycles. The van der Waals surface area contributed by atoms with Crippen LogP contribution in [0.15, 0.2) is 24.3 Å². The molecule has 122 valence electrons. The maximum Gasteiger partial charge on any atom is 0.418 e. The Labute approximate surface area is 125 Å². The number of alkyl halides is 3. The Kier molecular flexibility index (Phi) is 5.40. The van der Waals surface area contributed by atoms with E-state index in [0.29, 0.717) is 0 Å². The zero-order valence-corrected chi connectivity index (χ0v) is 12.1. The molecule has 0 atom stereocenters. The van der Waals surface area contributed by atoms with Gasteiger partial charge in [-0.05, 0) is 32.4 Å². The monoisotopic (exact) mass is 318 g/mol. The van der Waals surface area contributed by atoms with Gasteiger partial charge in [0, 0.05) is 12.0 Å². The Bertz CT molecular complexity index is 557. The lowest BCUT2D eigenvalue weighted by Crippen LogP contribution is -2.46. The summed E-state index contributed by atoms with van der Waals surface area (Å²) in [5.41, 5.74) is -2.18. The molecular weight excluding hydrogens is 301 g/mol. The van der Waals surface area contributed by atoms with Crippen LogP contribution in [0.4, 0.5) is 23.7 Å². The van der Waals surface area contributed by atoms with Crippen LogP contribution in [-0.2, 0) is 11.0 Å². The molecule has 1 aromatic rings. The van der Waals surface area contributed by atoms with Gasteiger partial charge in [-0.3, -0.25) is 4.79 Å². The van der Waals surface area contributed by atoms with Crippen LogP contribution in [0.3, 0.4) is 0 Å². The first kappa shape index (κ1) is 17.8. The molecule has 0 radical (unpaired) electrons. The number of aliphatic carboxylic acids is 1. The fourth-order valence-electron chi connectivity index (χ4n) is 1.78. The third kappa shape index (κ3) is 5.63. The van der Waals surface area contributed by atoms with Gasteiger partial charge < -0.3 is 15.7 Å². The average Bonchev–Trinajstić information content (AvgIpc) is 2.35. The highest BCUT2D eigenvalue weighted by Gasteiger charge is 2.33. The SMILES string of the molecule is CC(C)(CCC(=O)O)NC(=O)Nc1ccccc1C(F)(F)F. The van der Waals surface area contributed by atoms with Crippen LogP contribution >= 0.6 is 0 Å².